The van der Waals surface area contributed by atoms with E-state index in [1.807, 2.05) is 30.3 Å². The van der Waals surface area contributed by atoms with Gasteiger partial charge in [-0.1, -0.05) is 41.9 Å². The minimum absolute atomic E-state index is 0.0384. The van der Waals surface area contributed by atoms with Crippen molar-refractivity contribution in [1.82, 2.24) is 14.5 Å². The van der Waals surface area contributed by atoms with E-state index in [9.17, 15) is 31.5 Å². The number of aromatic nitrogens is 2. The molecule has 13 heteroatoms. The first-order valence-corrected chi connectivity index (χ1v) is 13.7. The molecular weight excluding hydrogens is 557 g/mol. The van der Waals surface area contributed by atoms with Crippen LogP contribution in [0.25, 0.3) is 10.9 Å². The van der Waals surface area contributed by atoms with E-state index < -0.39 is 21.5 Å². The molecule has 0 radical (unpaired) electrons. The lowest BCUT2D eigenvalue weighted by molar-refractivity contribution is -0.0490. The lowest BCUT2D eigenvalue weighted by Gasteiger charge is -2.34. The van der Waals surface area contributed by atoms with Gasteiger partial charge in [0, 0.05) is 42.5 Å². The molecule has 1 aliphatic rings. The van der Waals surface area contributed by atoms with Crippen LogP contribution in [-0.2, 0) is 10.0 Å². The van der Waals surface area contributed by atoms with Gasteiger partial charge >= 0.3 is 21.5 Å². The number of carbonyl (C=O) groups is 1. The molecule has 0 bridgehead atoms. The van der Waals surface area contributed by atoms with E-state index in [0.717, 1.165) is 22.1 Å². The molecule has 1 aliphatic heterocycles. The summed E-state index contributed by atoms with van der Waals surface area (Å²) in [5, 5.41) is 17.9. The maximum atomic E-state index is 13.0. The van der Waals surface area contributed by atoms with Crippen molar-refractivity contribution in [2.75, 3.05) is 31.1 Å². The smallest absolute Gasteiger partial charge is 0.478 e. The molecule has 0 spiro atoms. The zero-order valence-electron chi connectivity index (χ0n) is 20.2. The molecule has 0 saturated carbocycles. The van der Waals surface area contributed by atoms with Gasteiger partial charge in [0.1, 0.15) is 0 Å². The van der Waals surface area contributed by atoms with E-state index in [0.29, 0.717) is 20.7 Å². The molecule has 1 aromatic heterocycles. The Morgan fingerprint density at radius 1 is 0.923 bits per heavy atom. The number of sulfonamides is 1. The number of benzene rings is 3. The highest BCUT2D eigenvalue weighted by Crippen LogP contribution is 2.36. The summed E-state index contributed by atoms with van der Waals surface area (Å²) in [6.45, 7) is -0.564. The number of alkyl halides is 3. The predicted octanol–water partition coefficient (Wildman–Crippen LogP) is 5.07. The number of rotatable bonds is 6. The van der Waals surface area contributed by atoms with Gasteiger partial charge in [-0.3, -0.25) is 5.10 Å². The largest absolute Gasteiger partial charge is 0.511 e. The fourth-order valence-corrected chi connectivity index (χ4v) is 5.84. The topological polar surface area (TPSA) is 107 Å². The van der Waals surface area contributed by atoms with Gasteiger partial charge in [0.15, 0.2) is 5.82 Å². The predicted molar refractivity (Wildman–Crippen MR) is 141 cm³/mol. The van der Waals surface area contributed by atoms with Gasteiger partial charge in [0.25, 0.3) is 0 Å². The number of fused-ring (bicyclic) bond motifs is 1. The average molecular weight is 579 g/mol. The summed E-state index contributed by atoms with van der Waals surface area (Å²) in [5.74, 6) is -0.810. The SMILES string of the molecule is O=C(O)c1ccc(C(c2ccc(Cl)cc2)c2ccc3[nH]nc(N4CCN(S(=O)(=O)C(F)(F)F)CC4)c3c2)cc1. The first-order chi connectivity index (χ1) is 18.5. The quantitative estimate of drug-likeness (QED) is 0.310. The van der Waals surface area contributed by atoms with Crippen LogP contribution in [0.4, 0.5) is 19.0 Å². The Morgan fingerprint density at radius 3 is 2.05 bits per heavy atom. The van der Waals surface area contributed by atoms with E-state index in [1.165, 1.54) is 12.1 Å². The molecule has 1 saturated heterocycles. The van der Waals surface area contributed by atoms with Crippen LogP contribution in [0, 0.1) is 0 Å². The van der Waals surface area contributed by atoms with Crippen LogP contribution in [0.15, 0.2) is 66.7 Å². The van der Waals surface area contributed by atoms with Gasteiger partial charge in [-0.25, -0.2) is 13.2 Å². The Labute approximate surface area is 226 Å². The molecule has 39 heavy (non-hydrogen) atoms. The monoisotopic (exact) mass is 578 g/mol. The number of nitrogens with one attached hydrogen (secondary N) is 1. The lowest BCUT2D eigenvalue weighted by Crippen LogP contribution is -2.52. The van der Waals surface area contributed by atoms with Crippen molar-refractivity contribution in [2.24, 2.45) is 0 Å². The number of anilines is 1. The van der Waals surface area contributed by atoms with Crippen molar-refractivity contribution in [2.45, 2.75) is 11.4 Å². The van der Waals surface area contributed by atoms with Crippen molar-refractivity contribution in [3.63, 3.8) is 0 Å². The highest BCUT2D eigenvalue weighted by atomic mass is 35.5. The second kappa shape index (κ2) is 10.2. The maximum absolute atomic E-state index is 13.0. The number of piperazine rings is 1. The molecule has 1 unspecified atom stereocenters. The van der Waals surface area contributed by atoms with Gasteiger partial charge in [0.2, 0.25) is 0 Å². The second-order valence-electron chi connectivity index (χ2n) is 9.10. The molecule has 5 rings (SSSR count). The molecule has 0 aliphatic carbocycles. The molecule has 8 nitrogen and oxygen atoms in total. The summed E-state index contributed by atoms with van der Waals surface area (Å²) in [7, 11) is -5.39. The van der Waals surface area contributed by atoms with Crippen molar-refractivity contribution in [3.8, 4) is 0 Å². The second-order valence-corrected chi connectivity index (χ2v) is 11.5. The fourth-order valence-electron chi connectivity index (χ4n) is 4.78. The number of carboxylic acid groups (broad SMARTS) is 1. The van der Waals surface area contributed by atoms with Crippen molar-refractivity contribution < 1.29 is 31.5 Å². The highest BCUT2D eigenvalue weighted by molar-refractivity contribution is 7.90. The summed E-state index contributed by atoms with van der Waals surface area (Å²) in [6.07, 6.45) is 0. The van der Waals surface area contributed by atoms with Crippen LogP contribution in [0.5, 0.6) is 0 Å². The third-order valence-electron chi connectivity index (χ3n) is 6.77. The van der Waals surface area contributed by atoms with Gasteiger partial charge in [0.05, 0.1) is 11.1 Å². The summed E-state index contributed by atoms with van der Waals surface area (Å²) in [6, 6.07) is 19.6. The van der Waals surface area contributed by atoms with E-state index in [-0.39, 0.29) is 37.7 Å². The Kier molecular flexibility index (Phi) is 7.04. The molecule has 2 N–H and O–H groups in total. The number of aromatic amines is 1. The third-order valence-corrected chi connectivity index (χ3v) is 8.65. The molecular formula is C26H22ClF3N4O4S. The van der Waals surface area contributed by atoms with Gasteiger partial charge in [-0.2, -0.15) is 22.6 Å². The lowest BCUT2D eigenvalue weighted by atomic mass is 9.84. The zero-order chi connectivity index (χ0) is 27.9. The molecule has 4 aromatic rings. The molecule has 2 heterocycles. The van der Waals surface area contributed by atoms with Crippen LogP contribution in [0.1, 0.15) is 33.0 Å². The minimum atomic E-state index is -5.39. The maximum Gasteiger partial charge on any atom is 0.511 e. The van der Waals surface area contributed by atoms with Gasteiger partial charge in [-0.15, -0.1) is 0 Å². The van der Waals surface area contributed by atoms with Crippen molar-refractivity contribution in [3.05, 3.63) is 94.0 Å². The molecule has 204 valence electrons. The van der Waals surface area contributed by atoms with E-state index >= 15 is 0 Å². The fraction of sp³-hybridized carbons (Fsp3) is 0.231. The summed E-state index contributed by atoms with van der Waals surface area (Å²) in [4.78, 5) is 13.1. The van der Waals surface area contributed by atoms with Crippen LogP contribution < -0.4 is 4.90 Å². The number of hydrogen-bond donors (Lipinski definition) is 2. The minimum Gasteiger partial charge on any atom is -0.478 e. The summed E-state index contributed by atoms with van der Waals surface area (Å²) < 4.78 is 63.0. The Bertz CT molecular complexity index is 1620. The van der Waals surface area contributed by atoms with Gasteiger partial charge in [-0.05, 0) is 53.1 Å². The molecule has 3 aromatic carbocycles. The standard InChI is InChI=1S/C26H22ClF3N4O4S/c27-20-8-5-17(6-9-20)23(16-1-3-18(4-2-16)25(35)36)19-7-10-22-21(15-19)24(32-31-22)33-11-13-34(14-12-33)39(37,38)26(28,29)30/h1-10,15,23H,11-14H2,(H,31,32)(H,35,36). The van der Waals surface area contributed by atoms with Crippen LogP contribution >= 0.6 is 11.6 Å². The number of carboxylic acids is 1. The number of H-pyrrole nitrogens is 1. The number of nitrogens with zero attached hydrogens (tertiary/aromatic N) is 3. The Morgan fingerprint density at radius 2 is 1.49 bits per heavy atom. The third kappa shape index (κ3) is 5.19. The first-order valence-electron chi connectivity index (χ1n) is 11.8. The van der Waals surface area contributed by atoms with E-state index in [1.54, 1.807) is 29.2 Å². The van der Waals surface area contributed by atoms with Crippen LogP contribution in [-0.4, -0.2) is 65.7 Å². The number of hydrogen-bond acceptors (Lipinski definition) is 5. The van der Waals surface area contributed by atoms with Crippen LogP contribution in [0.2, 0.25) is 5.02 Å². The number of aromatic carboxylic acids is 1. The molecule has 0 amide bonds. The average Bonchev–Trinajstić information content (AvgIpc) is 3.33. The Hall–Kier alpha value is -3.61. The van der Waals surface area contributed by atoms with E-state index in [4.69, 9.17) is 11.6 Å². The molecule has 1 atom stereocenters. The van der Waals surface area contributed by atoms with Crippen molar-refractivity contribution >= 4 is 44.3 Å². The highest BCUT2D eigenvalue weighted by Gasteiger charge is 2.50. The van der Waals surface area contributed by atoms with Crippen molar-refractivity contribution in [1.29, 1.82) is 0 Å². The Balaban J connectivity index is 1.50. The number of halogens is 4. The zero-order valence-corrected chi connectivity index (χ0v) is 21.8. The summed E-state index contributed by atoms with van der Waals surface area (Å²) in [5.41, 5.74) is -1.85. The molecule has 1 fully saturated rings. The van der Waals surface area contributed by atoms with Crippen LogP contribution in [0.3, 0.4) is 0 Å². The normalized spacial score (nSPS) is 15.9. The van der Waals surface area contributed by atoms with E-state index in [2.05, 4.69) is 10.2 Å². The van der Waals surface area contributed by atoms with Gasteiger partial charge < -0.3 is 10.0 Å². The first kappa shape index (κ1) is 27.0. The summed E-state index contributed by atoms with van der Waals surface area (Å²) >= 11 is 6.11.